The van der Waals surface area contributed by atoms with Crippen molar-refractivity contribution in [2.24, 2.45) is 0 Å². The van der Waals surface area contributed by atoms with Gasteiger partial charge in [-0.05, 0) is 31.0 Å². The van der Waals surface area contributed by atoms with Gasteiger partial charge >= 0.3 is 0 Å². The van der Waals surface area contributed by atoms with Gasteiger partial charge in [0.2, 0.25) is 5.91 Å². The number of hydrogen-bond donors (Lipinski definition) is 3. The lowest BCUT2D eigenvalue weighted by Crippen LogP contribution is -2.33. The second-order valence-electron chi connectivity index (χ2n) is 4.49. The highest BCUT2D eigenvalue weighted by molar-refractivity contribution is 5.92. The third-order valence-electron chi connectivity index (χ3n) is 2.59. The minimum atomic E-state index is -0.373. The van der Waals surface area contributed by atoms with Crippen LogP contribution in [0.25, 0.3) is 0 Å². The topological polar surface area (TPSA) is 61.4 Å². The first kappa shape index (κ1) is 14.7. The predicted molar refractivity (Wildman–Crippen MR) is 73.6 cm³/mol. The number of nitrogens with one attached hydrogen (secondary N) is 2. The minimum Gasteiger partial charge on any atom is -0.392 e. The van der Waals surface area contributed by atoms with Crippen molar-refractivity contribution in [1.29, 1.82) is 0 Å². The molecule has 0 spiro atoms. The van der Waals surface area contributed by atoms with Crippen LogP contribution in [0.2, 0.25) is 0 Å². The van der Waals surface area contributed by atoms with Crippen LogP contribution >= 0.6 is 0 Å². The number of rotatable bonds is 7. The Bertz CT molecular complexity index is 380. The summed E-state index contributed by atoms with van der Waals surface area (Å²) in [7, 11) is 0. The maximum Gasteiger partial charge on any atom is 0.238 e. The zero-order valence-corrected chi connectivity index (χ0v) is 11.1. The Morgan fingerprint density at radius 1 is 1.44 bits per heavy atom. The highest BCUT2D eigenvalue weighted by Gasteiger charge is 2.05. The van der Waals surface area contributed by atoms with E-state index in [1.54, 1.807) is 0 Å². The van der Waals surface area contributed by atoms with Gasteiger partial charge in [-0.15, -0.1) is 0 Å². The lowest BCUT2D eigenvalue weighted by atomic mass is 10.2. The molecule has 1 aromatic rings. The van der Waals surface area contributed by atoms with Crippen LogP contribution in [0.5, 0.6) is 0 Å². The molecule has 0 aliphatic rings. The van der Waals surface area contributed by atoms with E-state index in [4.69, 9.17) is 0 Å². The van der Waals surface area contributed by atoms with Crippen LogP contribution in [0.1, 0.15) is 25.3 Å². The van der Waals surface area contributed by atoms with Crippen LogP contribution in [0.3, 0.4) is 0 Å². The van der Waals surface area contributed by atoms with Crippen molar-refractivity contribution >= 4 is 11.6 Å². The first-order valence-electron chi connectivity index (χ1n) is 6.37. The highest BCUT2D eigenvalue weighted by Crippen LogP contribution is 2.08. The Kier molecular flexibility index (Phi) is 6.39. The van der Waals surface area contributed by atoms with Gasteiger partial charge in [0.1, 0.15) is 0 Å². The van der Waals surface area contributed by atoms with E-state index in [1.807, 2.05) is 38.1 Å². The lowest BCUT2D eigenvalue weighted by Gasteiger charge is -2.11. The summed E-state index contributed by atoms with van der Waals surface area (Å²) in [6.07, 6.45) is 1.33. The monoisotopic (exact) mass is 250 g/mol. The Morgan fingerprint density at radius 2 is 2.22 bits per heavy atom. The Balaban J connectivity index is 2.25. The van der Waals surface area contributed by atoms with Gasteiger partial charge in [0.25, 0.3) is 0 Å². The molecule has 0 aliphatic carbocycles. The summed E-state index contributed by atoms with van der Waals surface area (Å²) in [6.45, 7) is 4.67. The minimum absolute atomic E-state index is 0.0932. The molecule has 1 aromatic carbocycles. The molecule has 0 saturated carbocycles. The zero-order valence-electron chi connectivity index (χ0n) is 11.1. The van der Waals surface area contributed by atoms with E-state index in [9.17, 15) is 9.90 Å². The van der Waals surface area contributed by atoms with Gasteiger partial charge < -0.3 is 15.7 Å². The quantitative estimate of drug-likeness (QED) is 0.690. The number of benzene rings is 1. The molecular formula is C14H22N2O2. The van der Waals surface area contributed by atoms with Gasteiger partial charge in [-0.3, -0.25) is 4.79 Å². The average Bonchev–Trinajstić information content (AvgIpc) is 2.29. The summed E-state index contributed by atoms with van der Waals surface area (Å²) in [6, 6.07) is 7.67. The number of aryl methyl sites for hydroxylation is 1. The van der Waals surface area contributed by atoms with Crippen molar-refractivity contribution in [2.45, 2.75) is 32.8 Å². The Hall–Kier alpha value is -1.39. The molecule has 3 N–H and O–H groups in total. The van der Waals surface area contributed by atoms with Crippen molar-refractivity contribution in [3.63, 3.8) is 0 Å². The molecule has 100 valence electrons. The van der Waals surface area contributed by atoms with Crippen molar-refractivity contribution < 1.29 is 9.90 Å². The second kappa shape index (κ2) is 7.84. The predicted octanol–water partition coefficient (Wildman–Crippen LogP) is 1.68. The summed E-state index contributed by atoms with van der Waals surface area (Å²) in [5.41, 5.74) is 1.91. The zero-order chi connectivity index (χ0) is 13.4. The molecular weight excluding hydrogens is 228 g/mol. The van der Waals surface area contributed by atoms with Gasteiger partial charge in [0.05, 0.1) is 12.6 Å². The molecule has 0 radical (unpaired) electrons. The standard InChI is InChI=1S/C14H22N2O2/c1-3-5-13(17)9-15-10-14(18)16-12-7-4-6-11(2)8-12/h4,6-8,13,15,17H,3,5,9-10H2,1-2H3,(H,16,18). The Morgan fingerprint density at radius 3 is 2.89 bits per heavy atom. The number of hydrogen-bond acceptors (Lipinski definition) is 3. The van der Waals surface area contributed by atoms with E-state index in [0.717, 1.165) is 24.1 Å². The normalized spacial score (nSPS) is 12.2. The van der Waals surface area contributed by atoms with Crippen molar-refractivity contribution in [1.82, 2.24) is 5.32 Å². The molecule has 1 amide bonds. The summed E-state index contributed by atoms with van der Waals surface area (Å²) in [4.78, 5) is 11.6. The van der Waals surface area contributed by atoms with E-state index in [2.05, 4.69) is 10.6 Å². The number of carbonyl (C=O) groups is 1. The molecule has 4 nitrogen and oxygen atoms in total. The van der Waals surface area contributed by atoms with Crippen LogP contribution in [0, 0.1) is 6.92 Å². The molecule has 0 aliphatic heterocycles. The van der Waals surface area contributed by atoms with Crippen LogP contribution in [-0.2, 0) is 4.79 Å². The number of amides is 1. The van der Waals surface area contributed by atoms with Gasteiger partial charge in [-0.2, -0.15) is 0 Å². The average molecular weight is 250 g/mol. The maximum atomic E-state index is 11.6. The Labute approximate surface area is 108 Å². The number of aliphatic hydroxyl groups excluding tert-OH is 1. The van der Waals surface area contributed by atoms with Gasteiger partial charge in [-0.25, -0.2) is 0 Å². The van der Waals surface area contributed by atoms with Gasteiger partial charge in [0, 0.05) is 12.2 Å². The summed E-state index contributed by atoms with van der Waals surface area (Å²) < 4.78 is 0. The van der Waals surface area contributed by atoms with Gasteiger partial charge in [0.15, 0.2) is 0 Å². The summed E-state index contributed by atoms with van der Waals surface area (Å²) in [5.74, 6) is -0.0932. The second-order valence-corrected chi connectivity index (χ2v) is 4.49. The maximum absolute atomic E-state index is 11.6. The highest BCUT2D eigenvalue weighted by atomic mass is 16.3. The number of anilines is 1. The molecule has 18 heavy (non-hydrogen) atoms. The largest absolute Gasteiger partial charge is 0.392 e. The van der Waals surface area contributed by atoms with Crippen LogP contribution in [0.15, 0.2) is 24.3 Å². The molecule has 0 aromatic heterocycles. The SMILES string of the molecule is CCCC(O)CNCC(=O)Nc1cccc(C)c1. The molecule has 0 bridgehead atoms. The first-order chi connectivity index (χ1) is 8.61. The lowest BCUT2D eigenvalue weighted by molar-refractivity contribution is -0.115. The van der Waals surface area contributed by atoms with Crippen molar-refractivity contribution in [3.05, 3.63) is 29.8 Å². The van der Waals surface area contributed by atoms with E-state index in [1.165, 1.54) is 0 Å². The smallest absolute Gasteiger partial charge is 0.238 e. The summed E-state index contributed by atoms with van der Waals surface area (Å²) >= 11 is 0. The van der Waals surface area contributed by atoms with E-state index >= 15 is 0 Å². The molecule has 1 rings (SSSR count). The van der Waals surface area contributed by atoms with Gasteiger partial charge in [-0.1, -0.05) is 25.5 Å². The fourth-order valence-corrected chi connectivity index (χ4v) is 1.72. The molecule has 4 heteroatoms. The van der Waals surface area contributed by atoms with E-state index in [0.29, 0.717) is 6.54 Å². The van der Waals surface area contributed by atoms with Crippen LogP contribution in [-0.4, -0.2) is 30.2 Å². The molecule has 0 saturated heterocycles. The van der Waals surface area contributed by atoms with E-state index in [-0.39, 0.29) is 18.6 Å². The summed E-state index contributed by atoms with van der Waals surface area (Å²) in [5, 5.41) is 15.2. The van der Waals surface area contributed by atoms with Crippen LogP contribution < -0.4 is 10.6 Å². The van der Waals surface area contributed by atoms with E-state index < -0.39 is 0 Å². The molecule has 1 atom stereocenters. The number of aliphatic hydroxyl groups is 1. The third kappa shape index (κ3) is 5.80. The number of carbonyl (C=O) groups excluding carboxylic acids is 1. The fraction of sp³-hybridized carbons (Fsp3) is 0.500. The molecule has 0 fully saturated rings. The molecule has 1 unspecified atom stereocenters. The first-order valence-corrected chi connectivity index (χ1v) is 6.37. The third-order valence-corrected chi connectivity index (χ3v) is 2.59. The van der Waals surface area contributed by atoms with Crippen molar-refractivity contribution in [3.8, 4) is 0 Å². The fourth-order valence-electron chi connectivity index (χ4n) is 1.72. The van der Waals surface area contributed by atoms with Crippen LogP contribution in [0.4, 0.5) is 5.69 Å². The molecule has 0 heterocycles. The van der Waals surface area contributed by atoms with Crippen molar-refractivity contribution in [2.75, 3.05) is 18.4 Å².